The molecule has 102 valence electrons. The fraction of sp³-hybridized carbons (Fsp3) is 0.786. The molecule has 1 aromatic heterocycles. The van der Waals surface area contributed by atoms with E-state index in [0.717, 1.165) is 30.7 Å². The third kappa shape index (κ3) is 3.25. The van der Waals surface area contributed by atoms with Crippen LogP contribution < -0.4 is 5.32 Å². The zero-order valence-corrected chi connectivity index (χ0v) is 11.8. The molecule has 1 heterocycles. The van der Waals surface area contributed by atoms with Crippen LogP contribution in [0.2, 0.25) is 0 Å². The first-order chi connectivity index (χ1) is 8.70. The number of imidazole rings is 1. The monoisotopic (exact) mass is 251 g/mol. The summed E-state index contributed by atoms with van der Waals surface area (Å²) in [6, 6.07) is 0.510. The number of methoxy groups -OCH3 is 1. The van der Waals surface area contributed by atoms with Crippen molar-refractivity contribution in [3.8, 4) is 0 Å². The van der Waals surface area contributed by atoms with Crippen molar-refractivity contribution < 1.29 is 4.74 Å². The van der Waals surface area contributed by atoms with E-state index in [1.807, 2.05) is 6.92 Å². The lowest BCUT2D eigenvalue weighted by Crippen LogP contribution is -2.26. The molecule has 18 heavy (non-hydrogen) atoms. The quantitative estimate of drug-likeness (QED) is 0.845. The number of nitrogens with zero attached hydrogens (tertiary/aromatic N) is 2. The number of aromatic nitrogens is 2. The second-order valence-corrected chi connectivity index (χ2v) is 5.37. The van der Waals surface area contributed by atoms with Gasteiger partial charge in [0, 0.05) is 25.9 Å². The molecule has 1 N–H and O–H groups in total. The van der Waals surface area contributed by atoms with Crippen LogP contribution in [0.5, 0.6) is 0 Å². The average Bonchev–Trinajstić information content (AvgIpc) is 2.96. The molecular weight excluding hydrogens is 226 g/mol. The van der Waals surface area contributed by atoms with E-state index in [4.69, 9.17) is 4.74 Å². The van der Waals surface area contributed by atoms with Crippen molar-refractivity contribution in [3.63, 3.8) is 0 Å². The van der Waals surface area contributed by atoms with Gasteiger partial charge in [0.1, 0.15) is 0 Å². The number of anilines is 1. The van der Waals surface area contributed by atoms with Crippen LogP contribution in [0.15, 0.2) is 6.20 Å². The molecule has 0 aliphatic heterocycles. The Kier molecular flexibility index (Phi) is 4.64. The van der Waals surface area contributed by atoms with E-state index in [1.165, 1.54) is 25.7 Å². The topological polar surface area (TPSA) is 39.1 Å². The predicted molar refractivity (Wildman–Crippen MR) is 73.9 cm³/mol. The van der Waals surface area contributed by atoms with Gasteiger partial charge in [0.25, 0.3) is 0 Å². The second-order valence-electron chi connectivity index (χ2n) is 5.37. The lowest BCUT2D eigenvalue weighted by Gasteiger charge is -2.21. The van der Waals surface area contributed by atoms with Crippen LogP contribution >= 0.6 is 0 Å². The molecule has 1 unspecified atom stereocenters. The van der Waals surface area contributed by atoms with E-state index < -0.39 is 0 Å². The van der Waals surface area contributed by atoms with Gasteiger partial charge in [-0.1, -0.05) is 12.8 Å². The van der Waals surface area contributed by atoms with Crippen LogP contribution in [-0.4, -0.2) is 29.3 Å². The molecule has 0 aromatic carbocycles. The van der Waals surface area contributed by atoms with Crippen molar-refractivity contribution in [3.05, 3.63) is 11.9 Å². The van der Waals surface area contributed by atoms with Crippen LogP contribution in [0.25, 0.3) is 0 Å². The standard InChI is InChI=1S/C14H25N3O/c1-11-10-17(8-9-18-3)14(15-11)16-12(2)13-6-4-5-7-13/h10,12-13H,4-9H2,1-3H3,(H,15,16). The molecule has 1 saturated carbocycles. The van der Waals surface area contributed by atoms with E-state index in [1.54, 1.807) is 7.11 Å². The van der Waals surface area contributed by atoms with Gasteiger partial charge in [-0.2, -0.15) is 0 Å². The summed E-state index contributed by atoms with van der Waals surface area (Å²) >= 11 is 0. The summed E-state index contributed by atoms with van der Waals surface area (Å²) in [7, 11) is 1.73. The highest BCUT2D eigenvalue weighted by atomic mass is 16.5. The Hall–Kier alpha value is -1.03. The SMILES string of the molecule is COCCn1cc(C)nc1NC(C)C1CCCC1. The summed E-state index contributed by atoms with van der Waals surface area (Å²) in [5.74, 6) is 1.79. The minimum Gasteiger partial charge on any atom is -0.383 e. The molecule has 0 amide bonds. The maximum absolute atomic E-state index is 5.14. The second kappa shape index (κ2) is 6.23. The molecule has 1 aliphatic rings. The van der Waals surface area contributed by atoms with E-state index in [-0.39, 0.29) is 0 Å². The molecule has 0 saturated heterocycles. The van der Waals surface area contributed by atoms with Gasteiger partial charge in [-0.15, -0.1) is 0 Å². The Bertz CT molecular complexity index is 369. The largest absolute Gasteiger partial charge is 0.383 e. The van der Waals surface area contributed by atoms with E-state index in [2.05, 4.69) is 28.0 Å². The minimum atomic E-state index is 0.510. The van der Waals surface area contributed by atoms with Crippen LogP contribution in [0.3, 0.4) is 0 Å². The van der Waals surface area contributed by atoms with Crippen molar-refractivity contribution in [2.75, 3.05) is 19.0 Å². The van der Waals surface area contributed by atoms with E-state index in [9.17, 15) is 0 Å². The number of nitrogens with one attached hydrogen (secondary N) is 1. The van der Waals surface area contributed by atoms with Crippen molar-refractivity contribution in [1.82, 2.24) is 9.55 Å². The van der Waals surface area contributed by atoms with Crippen molar-refractivity contribution in [2.24, 2.45) is 5.92 Å². The highest BCUT2D eigenvalue weighted by Crippen LogP contribution is 2.29. The number of hydrogen-bond acceptors (Lipinski definition) is 3. The molecular formula is C14H25N3O. The molecule has 1 aliphatic carbocycles. The first kappa shape index (κ1) is 13.4. The van der Waals surface area contributed by atoms with Gasteiger partial charge >= 0.3 is 0 Å². The smallest absolute Gasteiger partial charge is 0.203 e. The summed E-state index contributed by atoms with van der Waals surface area (Å²) in [5.41, 5.74) is 1.06. The number of hydrogen-bond donors (Lipinski definition) is 1. The van der Waals surface area contributed by atoms with Gasteiger partial charge in [-0.25, -0.2) is 4.98 Å². The molecule has 0 spiro atoms. The summed E-state index contributed by atoms with van der Waals surface area (Å²) < 4.78 is 7.30. The van der Waals surface area contributed by atoms with Gasteiger partial charge in [0.15, 0.2) is 0 Å². The number of rotatable bonds is 6. The maximum atomic E-state index is 5.14. The lowest BCUT2D eigenvalue weighted by molar-refractivity contribution is 0.187. The zero-order valence-electron chi connectivity index (χ0n) is 11.8. The van der Waals surface area contributed by atoms with Gasteiger partial charge in [0.2, 0.25) is 5.95 Å². The zero-order chi connectivity index (χ0) is 13.0. The predicted octanol–water partition coefficient (Wildman–Crippen LogP) is 2.83. The Morgan fingerprint density at radius 1 is 1.50 bits per heavy atom. The molecule has 0 bridgehead atoms. The minimum absolute atomic E-state index is 0.510. The maximum Gasteiger partial charge on any atom is 0.203 e. The van der Waals surface area contributed by atoms with Crippen molar-refractivity contribution in [1.29, 1.82) is 0 Å². The van der Waals surface area contributed by atoms with Gasteiger partial charge in [-0.3, -0.25) is 0 Å². The Labute approximate surface area is 110 Å². The van der Waals surface area contributed by atoms with Crippen LogP contribution in [0, 0.1) is 12.8 Å². The third-order valence-electron chi connectivity index (χ3n) is 3.90. The molecule has 0 radical (unpaired) electrons. The van der Waals surface area contributed by atoms with Crippen molar-refractivity contribution >= 4 is 5.95 Å². The van der Waals surface area contributed by atoms with E-state index >= 15 is 0 Å². The highest BCUT2D eigenvalue weighted by molar-refractivity contribution is 5.30. The fourth-order valence-electron chi connectivity index (χ4n) is 2.80. The van der Waals surface area contributed by atoms with Gasteiger partial charge in [0.05, 0.1) is 12.3 Å². The summed E-state index contributed by atoms with van der Waals surface area (Å²) in [5, 5.41) is 3.58. The van der Waals surface area contributed by atoms with Gasteiger partial charge in [-0.05, 0) is 32.6 Å². The van der Waals surface area contributed by atoms with Crippen LogP contribution in [-0.2, 0) is 11.3 Å². The van der Waals surface area contributed by atoms with Crippen LogP contribution in [0.4, 0.5) is 5.95 Å². The average molecular weight is 251 g/mol. The summed E-state index contributed by atoms with van der Waals surface area (Å²) in [6.07, 6.45) is 7.56. The molecule has 2 rings (SSSR count). The molecule has 1 atom stereocenters. The molecule has 4 nitrogen and oxygen atoms in total. The number of aryl methyl sites for hydroxylation is 1. The summed E-state index contributed by atoms with van der Waals surface area (Å²) in [6.45, 7) is 5.90. The summed E-state index contributed by atoms with van der Waals surface area (Å²) in [4.78, 5) is 4.57. The third-order valence-corrected chi connectivity index (χ3v) is 3.90. The van der Waals surface area contributed by atoms with Crippen LogP contribution in [0.1, 0.15) is 38.3 Å². The van der Waals surface area contributed by atoms with E-state index in [0.29, 0.717) is 6.04 Å². The first-order valence-corrected chi connectivity index (χ1v) is 7.00. The molecule has 4 heteroatoms. The molecule has 1 fully saturated rings. The Balaban J connectivity index is 1.98. The Morgan fingerprint density at radius 2 is 2.22 bits per heavy atom. The van der Waals surface area contributed by atoms with Crippen molar-refractivity contribution in [2.45, 2.75) is 52.1 Å². The van der Waals surface area contributed by atoms with Gasteiger partial charge < -0.3 is 14.6 Å². The lowest BCUT2D eigenvalue weighted by atomic mass is 10.0. The normalized spacial score (nSPS) is 18.2. The fourth-order valence-corrected chi connectivity index (χ4v) is 2.80. The molecule has 1 aromatic rings. The highest BCUT2D eigenvalue weighted by Gasteiger charge is 2.22. The number of ether oxygens (including phenoxy) is 1. The first-order valence-electron chi connectivity index (χ1n) is 7.00. The Morgan fingerprint density at radius 3 is 2.89 bits per heavy atom.